The van der Waals surface area contributed by atoms with Crippen LogP contribution in [0.3, 0.4) is 0 Å². The Morgan fingerprint density at radius 2 is 0.972 bits per heavy atom. The van der Waals surface area contributed by atoms with Crippen molar-refractivity contribution in [2.45, 2.75) is 6.92 Å². The van der Waals surface area contributed by atoms with Crippen LogP contribution in [-0.4, -0.2) is 4.57 Å². The highest BCUT2D eigenvalue weighted by atomic mass is 32.1. The van der Waals surface area contributed by atoms with Crippen molar-refractivity contribution in [2.75, 3.05) is 4.90 Å². The van der Waals surface area contributed by atoms with Gasteiger partial charge in [0.1, 0.15) is 11.2 Å². The van der Waals surface area contributed by atoms with Gasteiger partial charge in [-0.3, -0.25) is 0 Å². The van der Waals surface area contributed by atoms with Crippen molar-refractivity contribution in [1.29, 1.82) is 0 Å². The number of benzene rings is 11. The van der Waals surface area contributed by atoms with Gasteiger partial charge < -0.3 is 13.9 Å². The van der Waals surface area contributed by atoms with Crippen LogP contribution in [0.5, 0.6) is 0 Å². The van der Waals surface area contributed by atoms with Crippen LogP contribution in [0.25, 0.3) is 114 Å². The second-order valence-electron chi connectivity index (χ2n) is 18.4. The summed E-state index contributed by atoms with van der Waals surface area (Å²) in [4.78, 5) is 2.48. The molecule has 71 heavy (non-hydrogen) atoms. The standard InChI is InChI=1S/C67H44N2OS/c1-43-40-48(51-28-17-29-55-54-26-11-15-33-64(54)71-67(51)55)35-37-58(43)69(61-38-34-46(44-18-4-2-5-19-44)42-57(61)45-20-6-3-7-21-45)62-39-36-50(66-65(62)56-27-10-14-32-63(56)70-66)47-22-16-23-49(41-47)68-59-30-12-8-24-52(59)53-25-9-13-31-60(53)68/h2-42H,1H3. The fourth-order valence-electron chi connectivity index (χ4n) is 11.1. The summed E-state index contributed by atoms with van der Waals surface area (Å²) in [5.41, 5.74) is 18.7. The summed E-state index contributed by atoms with van der Waals surface area (Å²) in [6, 6.07) is 90.4. The maximum absolute atomic E-state index is 7.10. The quantitative estimate of drug-likeness (QED) is 0.151. The number of hydrogen-bond donors (Lipinski definition) is 0. The first-order valence-corrected chi connectivity index (χ1v) is 25.1. The predicted octanol–water partition coefficient (Wildman–Crippen LogP) is 19.5. The van der Waals surface area contributed by atoms with Gasteiger partial charge in [0.05, 0.1) is 27.8 Å². The zero-order chi connectivity index (χ0) is 47.0. The molecule has 3 aromatic heterocycles. The Morgan fingerprint density at radius 1 is 0.380 bits per heavy atom. The van der Waals surface area contributed by atoms with Crippen molar-refractivity contribution in [3.8, 4) is 50.2 Å². The number of thiophene rings is 1. The first kappa shape index (κ1) is 41.1. The highest BCUT2D eigenvalue weighted by Gasteiger charge is 2.26. The van der Waals surface area contributed by atoms with E-state index < -0.39 is 0 Å². The van der Waals surface area contributed by atoms with E-state index in [9.17, 15) is 0 Å². The van der Waals surface area contributed by atoms with Gasteiger partial charge >= 0.3 is 0 Å². The van der Waals surface area contributed by atoms with Gasteiger partial charge in [0, 0.05) is 58.8 Å². The first-order chi connectivity index (χ1) is 35.1. The molecule has 11 aromatic carbocycles. The minimum Gasteiger partial charge on any atom is -0.455 e. The number of aryl methyl sites for hydroxylation is 1. The lowest BCUT2D eigenvalue weighted by Crippen LogP contribution is -2.13. The highest BCUT2D eigenvalue weighted by Crippen LogP contribution is 2.51. The monoisotopic (exact) mass is 924 g/mol. The predicted molar refractivity (Wildman–Crippen MR) is 302 cm³/mol. The van der Waals surface area contributed by atoms with Crippen LogP contribution < -0.4 is 4.90 Å². The summed E-state index contributed by atoms with van der Waals surface area (Å²) >= 11 is 1.87. The molecule has 3 nitrogen and oxygen atoms in total. The van der Waals surface area contributed by atoms with Crippen molar-refractivity contribution in [1.82, 2.24) is 4.57 Å². The molecule has 14 aromatic rings. The Hall–Kier alpha value is -8.96. The summed E-state index contributed by atoms with van der Waals surface area (Å²) in [6.07, 6.45) is 0. The molecule has 0 spiro atoms. The van der Waals surface area contributed by atoms with Crippen molar-refractivity contribution in [3.63, 3.8) is 0 Å². The van der Waals surface area contributed by atoms with E-state index >= 15 is 0 Å². The number of fused-ring (bicyclic) bond motifs is 9. The van der Waals surface area contributed by atoms with Crippen LogP contribution >= 0.6 is 11.3 Å². The first-order valence-electron chi connectivity index (χ1n) is 24.2. The van der Waals surface area contributed by atoms with Crippen LogP contribution in [0.1, 0.15) is 5.56 Å². The fourth-order valence-corrected chi connectivity index (χ4v) is 12.3. The molecule has 0 atom stereocenters. The Morgan fingerprint density at radius 3 is 1.75 bits per heavy atom. The molecular formula is C67H44N2OS. The molecule has 0 unspecified atom stereocenters. The lowest BCUT2D eigenvalue weighted by Gasteiger charge is -2.31. The molecule has 0 amide bonds. The maximum Gasteiger partial charge on any atom is 0.145 e. The number of para-hydroxylation sites is 3. The van der Waals surface area contributed by atoms with Crippen LogP contribution in [-0.2, 0) is 0 Å². The highest BCUT2D eigenvalue weighted by molar-refractivity contribution is 7.26. The number of furan rings is 1. The van der Waals surface area contributed by atoms with Crippen molar-refractivity contribution < 1.29 is 4.42 Å². The lowest BCUT2D eigenvalue weighted by molar-refractivity contribution is 0.670. The minimum atomic E-state index is 0.848. The van der Waals surface area contributed by atoms with E-state index in [2.05, 4.69) is 265 Å². The minimum absolute atomic E-state index is 0.848. The zero-order valence-corrected chi connectivity index (χ0v) is 39.7. The third-order valence-electron chi connectivity index (χ3n) is 14.3. The average Bonchev–Trinajstić information content (AvgIpc) is 4.12. The van der Waals surface area contributed by atoms with Gasteiger partial charge in [0.2, 0.25) is 0 Å². The molecular weight excluding hydrogens is 881 g/mol. The molecule has 0 N–H and O–H groups in total. The molecule has 0 aliphatic rings. The van der Waals surface area contributed by atoms with Crippen LogP contribution in [0.15, 0.2) is 253 Å². The molecule has 4 heteroatoms. The second-order valence-corrected chi connectivity index (χ2v) is 19.5. The van der Waals surface area contributed by atoms with E-state index in [-0.39, 0.29) is 0 Å². The Bertz CT molecular complexity index is 4310. The van der Waals surface area contributed by atoms with E-state index in [0.717, 1.165) is 78.1 Å². The fraction of sp³-hybridized carbons (Fsp3) is 0.0149. The molecule has 3 heterocycles. The van der Waals surface area contributed by atoms with E-state index in [0.29, 0.717) is 0 Å². The van der Waals surface area contributed by atoms with E-state index in [4.69, 9.17) is 4.42 Å². The number of rotatable bonds is 8. The second kappa shape index (κ2) is 16.6. The number of hydrogen-bond acceptors (Lipinski definition) is 3. The third kappa shape index (κ3) is 6.71. The molecule has 0 bridgehead atoms. The van der Waals surface area contributed by atoms with Gasteiger partial charge in [-0.1, -0.05) is 176 Å². The summed E-state index contributed by atoms with van der Waals surface area (Å²) in [5, 5.41) is 7.21. The Balaban J connectivity index is 1.01. The van der Waals surface area contributed by atoms with Crippen LogP contribution in [0.4, 0.5) is 17.1 Å². The number of nitrogens with zero attached hydrogens (tertiary/aromatic N) is 2. The van der Waals surface area contributed by atoms with E-state index in [1.165, 1.54) is 58.7 Å². The Kier molecular flexibility index (Phi) is 9.61. The van der Waals surface area contributed by atoms with E-state index in [1.54, 1.807) is 0 Å². The lowest BCUT2D eigenvalue weighted by atomic mass is 9.94. The van der Waals surface area contributed by atoms with Gasteiger partial charge in [-0.05, 0) is 119 Å². The number of anilines is 3. The smallest absolute Gasteiger partial charge is 0.145 e. The average molecular weight is 925 g/mol. The Labute approximate surface area is 415 Å². The SMILES string of the molecule is Cc1cc(-c2cccc3c2sc2ccccc23)ccc1N(c1ccc(-c2ccccc2)cc1-c1ccccc1)c1ccc(-c2cccc(-n3c4ccccc4c4ccccc43)c2)c2oc3ccccc3c12. The summed E-state index contributed by atoms with van der Waals surface area (Å²) in [5.74, 6) is 0. The topological polar surface area (TPSA) is 21.3 Å². The van der Waals surface area contributed by atoms with Crippen LogP contribution in [0.2, 0.25) is 0 Å². The molecule has 14 rings (SSSR count). The summed E-state index contributed by atoms with van der Waals surface area (Å²) in [7, 11) is 0. The van der Waals surface area contributed by atoms with Gasteiger partial charge in [0.15, 0.2) is 0 Å². The molecule has 0 radical (unpaired) electrons. The summed E-state index contributed by atoms with van der Waals surface area (Å²) in [6.45, 7) is 2.26. The van der Waals surface area contributed by atoms with Gasteiger partial charge in [-0.25, -0.2) is 0 Å². The zero-order valence-electron chi connectivity index (χ0n) is 38.9. The van der Waals surface area contributed by atoms with Gasteiger partial charge in [0.25, 0.3) is 0 Å². The molecule has 0 fully saturated rings. The molecule has 0 saturated carbocycles. The molecule has 334 valence electrons. The van der Waals surface area contributed by atoms with Gasteiger partial charge in [-0.2, -0.15) is 0 Å². The van der Waals surface area contributed by atoms with Crippen LogP contribution in [0, 0.1) is 6.92 Å². The normalized spacial score (nSPS) is 11.7. The van der Waals surface area contributed by atoms with E-state index in [1.807, 2.05) is 11.3 Å². The molecule has 0 aliphatic carbocycles. The van der Waals surface area contributed by atoms with Crippen molar-refractivity contribution in [3.05, 3.63) is 254 Å². The largest absolute Gasteiger partial charge is 0.455 e. The molecule has 0 aliphatic heterocycles. The number of aromatic nitrogens is 1. The van der Waals surface area contributed by atoms with Crippen molar-refractivity contribution in [2.24, 2.45) is 0 Å². The van der Waals surface area contributed by atoms with Crippen molar-refractivity contribution >= 4 is 92.3 Å². The third-order valence-corrected chi connectivity index (χ3v) is 15.5. The maximum atomic E-state index is 7.10. The summed E-state index contributed by atoms with van der Waals surface area (Å²) < 4.78 is 12.1. The molecule has 0 saturated heterocycles. The van der Waals surface area contributed by atoms with Gasteiger partial charge in [-0.15, -0.1) is 11.3 Å².